The minimum absolute atomic E-state index is 0.156. The zero-order chi connectivity index (χ0) is 11.4. The lowest BCUT2D eigenvalue weighted by atomic mass is 10.1. The van der Waals surface area contributed by atoms with Crippen molar-refractivity contribution in [3.63, 3.8) is 0 Å². The van der Waals surface area contributed by atoms with Crippen LogP contribution >= 0.6 is 0 Å². The molecule has 15 heavy (non-hydrogen) atoms. The molecule has 0 atom stereocenters. The zero-order valence-electron chi connectivity index (χ0n) is 8.89. The lowest BCUT2D eigenvalue weighted by molar-refractivity contribution is -0.116. The zero-order valence-corrected chi connectivity index (χ0v) is 8.89. The topological polar surface area (TPSA) is 62.0 Å². The number of nitrogens with one attached hydrogen (secondary N) is 2. The number of pyridine rings is 1. The minimum atomic E-state index is -0.283. The van der Waals surface area contributed by atoms with Gasteiger partial charge < -0.3 is 10.3 Å². The molecular formula is C11H14N2O2. The predicted octanol–water partition coefficient (Wildman–Crippen LogP) is 0.794. The molecule has 1 aromatic rings. The highest BCUT2D eigenvalue weighted by Gasteiger charge is 2.05. The number of aryl methyl sites for hydroxylation is 2. The van der Waals surface area contributed by atoms with Gasteiger partial charge in [-0.1, -0.05) is 6.58 Å². The molecule has 4 heteroatoms. The van der Waals surface area contributed by atoms with Crippen molar-refractivity contribution >= 4 is 5.91 Å². The summed E-state index contributed by atoms with van der Waals surface area (Å²) in [4.78, 5) is 25.2. The lowest BCUT2D eigenvalue weighted by Gasteiger charge is -2.06. The van der Waals surface area contributed by atoms with Gasteiger partial charge in [-0.2, -0.15) is 0 Å². The largest absolute Gasteiger partial charge is 0.348 e. The Labute approximate surface area is 88.0 Å². The van der Waals surface area contributed by atoms with Crippen LogP contribution in [-0.4, -0.2) is 10.9 Å². The number of H-pyrrole nitrogens is 1. The summed E-state index contributed by atoms with van der Waals surface area (Å²) in [6.07, 6.45) is 1.18. The van der Waals surface area contributed by atoms with Crippen molar-refractivity contribution in [1.29, 1.82) is 0 Å². The summed E-state index contributed by atoms with van der Waals surface area (Å²) < 4.78 is 0. The number of aromatic nitrogens is 1. The Kier molecular flexibility index (Phi) is 3.44. The highest BCUT2D eigenvalue weighted by molar-refractivity contribution is 5.86. The highest BCUT2D eigenvalue weighted by Crippen LogP contribution is 2.02. The summed E-state index contributed by atoms with van der Waals surface area (Å²) >= 11 is 0. The maximum absolute atomic E-state index is 11.5. The van der Waals surface area contributed by atoms with Crippen LogP contribution in [0.1, 0.15) is 16.8 Å². The van der Waals surface area contributed by atoms with Crippen molar-refractivity contribution in [2.24, 2.45) is 0 Å². The number of hydrogen-bond donors (Lipinski definition) is 2. The Hall–Kier alpha value is -1.84. The molecule has 1 heterocycles. The first kappa shape index (κ1) is 11.2. The molecule has 0 aliphatic carbocycles. The summed E-state index contributed by atoms with van der Waals surface area (Å²) in [6.45, 7) is 7.23. The fourth-order valence-electron chi connectivity index (χ4n) is 1.35. The number of rotatable bonds is 3. The van der Waals surface area contributed by atoms with Gasteiger partial charge in [-0.25, -0.2) is 0 Å². The smallest absolute Gasteiger partial charge is 0.253 e. The van der Waals surface area contributed by atoms with E-state index in [1.807, 2.05) is 19.9 Å². The molecule has 0 bridgehead atoms. The summed E-state index contributed by atoms with van der Waals surface area (Å²) in [5.41, 5.74) is 2.12. The Bertz CT molecular complexity index is 446. The molecule has 1 rings (SSSR count). The van der Waals surface area contributed by atoms with E-state index in [9.17, 15) is 9.59 Å². The fourth-order valence-corrected chi connectivity index (χ4v) is 1.35. The van der Waals surface area contributed by atoms with Crippen LogP contribution < -0.4 is 10.9 Å². The predicted molar refractivity (Wildman–Crippen MR) is 58.6 cm³/mol. The summed E-state index contributed by atoms with van der Waals surface area (Å²) in [5, 5.41) is 2.57. The summed E-state index contributed by atoms with van der Waals surface area (Å²) in [6, 6.07) is 1.87. The summed E-state index contributed by atoms with van der Waals surface area (Å²) in [5.74, 6) is -0.283. The van der Waals surface area contributed by atoms with E-state index in [0.29, 0.717) is 5.56 Å². The van der Waals surface area contributed by atoms with Gasteiger partial charge in [0.25, 0.3) is 5.56 Å². The van der Waals surface area contributed by atoms with Gasteiger partial charge in [0.2, 0.25) is 5.91 Å². The SMILES string of the molecule is C=CC(=O)NCc1c(C)cc(C)[nH]c1=O. The molecule has 0 aliphatic rings. The van der Waals surface area contributed by atoms with Gasteiger partial charge in [-0.3, -0.25) is 9.59 Å². The van der Waals surface area contributed by atoms with E-state index < -0.39 is 0 Å². The van der Waals surface area contributed by atoms with Crippen molar-refractivity contribution in [2.75, 3.05) is 0 Å². The average molecular weight is 206 g/mol. The normalized spacial score (nSPS) is 9.73. The quantitative estimate of drug-likeness (QED) is 0.718. The third kappa shape index (κ3) is 2.80. The maximum Gasteiger partial charge on any atom is 0.253 e. The van der Waals surface area contributed by atoms with Gasteiger partial charge in [-0.15, -0.1) is 0 Å². The van der Waals surface area contributed by atoms with E-state index in [1.165, 1.54) is 6.08 Å². The van der Waals surface area contributed by atoms with Crippen LogP contribution in [0.3, 0.4) is 0 Å². The van der Waals surface area contributed by atoms with E-state index in [1.54, 1.807) is 0 Å². The number of aromatic amines is 1. The van der Waals surface area contributed by atoms with Crippen LogP contribution in [-0.2, 0) is 11.3 Å². The molecule has 1 amide bonds. The second-order valence-corrected chi connectivity index (χ2v) is 3.36. The Morgan fingerprint density at radius 3 is 2.80 bits per heavy atom. The first-order valence-electron chi connectivity index (χ1n) is 4.64. The Morgan fingerprint density at radius 2 is 2.27 bits per heavy atom. The lowest BCUT2D eigenvalue weighted by Crippen LogP contribution is -2.26. The second kappa shape index (κ2) is 4.59. The Morgan fingerprint density at radius 1 is 1.60 bits per heavy atom. The molecule has 0 unspecified atom stereocenters. The molecule has 2 N–H and O–H groups in total. The fraction of sp³-hybridized carbons (Fsp3) is 0.273. The molecular weight excluding hydrogens is 192 g/mol. The first-order valence-corrected chi connectivity index (χ1v) is 4.64. The van der Waals surface area contributed by atoms with Crippen LogP contribution in [0.25, 0.3) is 0 Å². The van der Waals surface area contributed by atoms with Gasteiger partial charge in [0.15, 0.2) is 0 Å². The van der Waals surface area contributed by atoms with Crippen LogP contribution in [0.5, 0.6) is 0 Å². The minimum Gasteiger partial charge on any atom is -0.348 e. The van der Waals surface area contributed by atoms with E-state index in [-0.39, 0.29) is 18.0 Å². The van der Waals surface area contributed by atoms with E-state index in [0.717, 1.165) is 11.3 Å². The van der Waals surface area contributed by atoms with Crippen molar-refractivity contribution in [3.8, 4) is 0 Å². The maximum atomic E-state index is 11.5. The third-order valence-electron chi connectivity index (χ3n) is 2.12. The van der Waals surface area contributed by atoms with Gasteiger partial charge >= 0.3 is 0 Å². The van der Waals surface area contributed by atoms with Crippen molar-refractivity contribution in [3.05, 3.63) is 45.9 Å². The molecule has 4 nitrogen and oxygen atoms in total. The standard InChI is InChI=1S/C11H14N2O2/c1-4-10(14)12-6-9-7(2)5-8(3)13-11(9)15/h4-5H,1,6H2,2-3H3,(H,12,14)(H,13,15). The second-order valence-electron chi connectivity index (χ2n) is 3.36. The number of hydrogen-bond acceptors (Lipinski definition) is 2. The van der Waals surface area contributed by atoms with Crippen LogP contribution in [0.4, 0.5) is 0 Å². The molecule has 0 aromatic carbocycles. The van der Waals surface area contributed by atoms with Crippen LogP contribution in [0, 0.1) is 13.8 Å². The van der Waals surface area contributed by atoms with Gasteiger partial charge in [0, 0.05) is 17.8 Å². The van der Waals surface area contributed by atoms with Gasteiger partial charge in [-0.05, 0) is 31.6 Å². The van der Waals surface area contributed by atoms with Crippen molar-refractivity contribution in [1.82, 2.24) is 10.3 Å². The van der Waals surface area contributed by atoms with Crippen LogP contribution in [0.2, 0.25) is 0 Å². The molecule has 0 saturated carbocycles. The van der Waals surface area contributed by atoms with Gasteiger partial charge in [0.1, 0.15) is 0 Å². The third-order valence-corrected chi connectivity index (χ3v) is 2.12. The molecule has 1 aromatic heterocycles. The summed E-state index contributed by atoms with van der Waals surface area (Å²) in [7, 11) is 0. The van der Waals surface area contributed by atoms with E-state index in [2.05, 4.69) is 16.9 Å². The van der Waals surface area contributed by atoms with Gasteiger partial charge in [0.05, 0.1) is 0 Å². The van der Waals surface area contributed by atoms with Crippen molar-refractivity contribution in [2.45, 2.75) is 20.4 Å². The molecule has 0 spiro atoms. The van der Waals surface area contributed by atoms with E-state index >= 15 is 0 Å². The molecule has 80 valence electrons. The van der Waals surface area contributed by atoms with Crippen molar-refractivity contribution < 1.29 is 4.79 Å². The molecule has 0 fully saturated rings. The van der Waals surface area contributed by atoms with Crippen LogP contribution in [0.15, 0.2) is 23.5 Å². The number of carbonyl (C=O) groups is 1. The number of amides is 1. The molecule has 0 saturated heterocycles. The average Bonchev–Trinajstić information content (AvgIpc) is 2.15. The Balaban J connectivity index is 2.91. The van der Waals surface area contributed by atoms with E-state index in [4.69, 9.17) is 0 Å². The molecule has 0 radical (unpaired) electrons. The molecule has 0 aliphatic heterocycles. The first-order chi connectivity index (χ1) is 7.04. The number of carbonyl (C=O) groups excluding carboxylic acids is 1. The monoisotopic (exact) mass is 206 g/mol. The highest BCUT2D eigenvalue weighted by atomic mass is 16.1.